The Balaban J connectivity index is 0.000000243. The zero-order valence-corrected chi connectivity index (χ0v) is 84.2. The van der Waals surface area contributed by atoms with Gasteiger partial charge in [-0.05, 0) is 315 Å². The number of halogens is 5. The molecule has 10 fully saturated rings. The van der Waals surface area contributed by atoms with E-state index < -0.39 is 400 Å². The Bertz CT molecular complexity index is 8110. The van der Waals surface area contributed by atoms with Crippen LogP contribution < -0.4 is 51.1 Å². The highest BCUT2D eigenvalue weighted by Gasteiger charge is 2.33. The van der Waals surface area contributed by atoms with Crippen LogP contribution in [0, 0.1) is 64.2 Å². The van der Waals surface area contributed by atoms with Gasteiger partial charge in [0.2, 0.25) is 0 Å². The number of nitrogens with zero attached hydrogens (tertiary/aromatic N) is 15. The average molecular weight is 2110 g/mol. The van der Waals surface area contributed by atoms with Gasteiger partial charge in [0.05, 0.1) is 102 Å². The third-order valence-electron chi connectivity index (χ3n) is 23.7. The SMILES string of the molecule is [2H]c1c([2H])c(C)c(Cl)c(N2C([2H])([2H])C([2H])([2H])N(C([2H])([2H])C([2H])([2H])C3CCC(NC(=O)N(C)C)CC3)C([2H])([2H])C2([2H])[2H])c1[2H].[2H]c1c([2H])c(C)c(Cl)c(N2C([2H])([2H])C([2H])([2H])N(C([2H])([2H])CC3CCC(NC(=O)N(C)C([2H])([2H])[2H])CC3)C([2H])([2H])C2([2H])[2H])c1[2H].[2H]c1c([2H])c(C)c(Cl)c(N2C([2H])([2H])C([2H])([2H])N(C([2H])([2H])CC3CCC(NC(=O)N(C)C)CC3)C([2H])([2H])C2([2H])[2H])c1[2H].[2H]c1c([2H])c(C)c(Cl)c(N2C([2H])([2H])C([2H])([2H])N(CC([2H])([2H])C3CCC(NC(=O)N(C)C([2H])([2H])[2H])CC3)C([2H])([2H])C2([2H])[2H])c1[2H].[2H]c1c([2H])c(C)c(Cl)c(N2C([2H])([2H])C([2H])([2H])N(CC([2H])([2H])C3CCC(NC(=O)N(C)C)CC3)C([2H])([2H])C2([2H])[2H])c1[2H]. The number of rotatable bonds is 25. The first-order chi connectivity index (χ1) is 95.4. The van der Waals surface area contributed by atoms with Crippen molar-refractivity contribution in [3.63, 3.8) is 0 Å². The van der Waals surface area contributed by atoms with Crippen LogP contribution in [0.5, 0.6) is 0 Å². The van der Waals surface area contributed by atoms with E-state index in [2.05, 4.69) is 26.6 Å². The number of anilines is 5. The van der Waals surface area contributed by atoms with Crippen molar-refractivity contribution >= 4 is 117 Å². The zero-order chi connectivity index (χ0) is 165. The lowest BCUT2D eigenvalue weighted by atomic mass is 9.84. The highest BCUT2D eigenvalue weighted by atomic mass is 35.5. The molecular weight excluding hydrogens is 1860 g/mol. The summed E-state index contributed by atoms with van der Waals surface area (Å²) in [5.74, 6) is -3.56. The van der Waals surface area contributed by atoms with Crippen molar-refractivity contribution in [2.75, 3.05) is 257 Å². The quantitative estimate of drug-likeness (QED) is 0.0370. The van der Waals surface area contributed by atoms with E-state index in [0.717, 1.165) is 14.1 Å². The van der Waals surface area contributed by atoms with Gasteiger partial charge in [0.1, 0.15) is 0 Å². The number of urea groups is 5. The standard InChI is InChI=1S/5C22H35ClN4O/c5*1-17-5-4-6-20(21(17)23)27-15-13-26(14-16-27)12-11-18-7-9-19(10-8-18)24-22(28)25(2)3/h5*4-6,18-19H,7-16H2,1-3H3,(H,24,28)/i4D,5D,6D,11D2,12D2,13D2,14D2,15D2,16D2;2D3,4D,5D,6D,12D2,13D2,14D2,15D2,16D2;2D3,4D,5D,6D,11D2,13D2,14D2,15D2,16D2;4D,5D,6D,12D2,13D2,14D2,15D2,16D2;4D,5D,6D,11D2,13D2,14D2,15D2,16D2. The Kier molecular flexibility index (Phi) is 20.3. The Morgan fingerprint density at radius 1 is 0.286 bits per heavy atom. The van der Waals surface area contributed by atoms with Crippen LogP contribution in [0.15, 0.2) is 90.6 Å². The summed E-state index contributed by atoms with van der Waals surface area (Å²) in [6.45, 7) is -81.2. The van der Waals surface area contributed by atoms with Gasteiger partial charge in [0.15, 0.2) is 0 Å². The van der Waals surface area contributed by atoms with Gasteiger partial charge in [-0.25, -0.2) is 24.0 Å². The van der Waals surface area contributed by atoms with Crippen molar-refractivity contribution < 1.29 is 124 Å². The third kappa shape index (κ3) is 35.8. The van der Waals surface area contributed by atoms with Crippen LogP contribution in [0.25, 0.3) is 0 Å². The van der Waals surface area contributed by atoms with E-state index in [0.29, 0.717) is 61.2 Å². The Morgan fingerprint density at radius 3 is 0.693 bits per heavy atom. The van der Waals surface area contributed by atoms with Gasteiger partial charge in [-0.15, -0.1) is 0 Å². The van der Waals surface area contributed by atoms with Crippen LogP contribution in [-0.4, -0.2) is 342 Å². The Hall–Kier alpha value is -7.30. The molecule has 5 heterocycles. The maximum atomic E-state index is 12.3. The molecule has 0 radical (unpaired) electrons. The molecule has 0 aromatic heterocycles. The molecule has 5 aromatic carbocycles. The van der Waals surface area contributed by atoms with Crippen LogP contribution in [0.2, 0.25) is 25.1 Å². The number of carbonyl (C=O) groups is 5. The minimum Gasteiger partial charge on any atom is -0.368 e. The maximum absolute atomic E-state index is 12.3. The summed E-state index contributed by atoms with van der Waals surface area (Å²) in [6.07, 6.45) is -3.03. The third-order valence-corrected chi connectivity index (χ3v) is 26.0. The summed E-state index contributed by atoms with van der Waals surface area (Å²) >= 11 is 31.5. The first-order valence-corrected chi connectivity index (χ1v) is 47.6. The number of carbonyl (C=O) groups excluding carboxylic acids is 5. The van der Waals surface area contributed by atoms with Crippen LogP contribution in [0.3, 0.4) is 0 Å². The lowest BCUT2D eigenvalue weighted by Gasteiger charge is -2.37. The van der Waals surface area contributed by atoms with Gasteiger partial charge in [0.25, 0.3) is 0 Å². The molecule has 5 aromatic rings. The number of nitrogens with one attached hydrogen (secondary N) is 5. The van der Waals surface area contributed by atoms with Crippen molar-refractivity contribution in [3.8, 4) is 0 Å². The fraction of sp³-hybridized carbons (Fsp3) is 0.682. The summed E-state index contributed by atoms with van der Waals surface area (Å²) in [7, 11) is 11.7. The second kappa shape index (κ2) is 57.6. The average Bonchev–Trinajstić information content (AvgIpc) is 0.666. The Labute approximate surface area is 970 Å². The number of piperazine rings is 5. The molecule has 30 heteroatoms. The molecule has 5 saturated heterocycles. The fourth-order valence-corrected chi connectivity index (χ4v) is 16.1. The Morgan fingerprint density at radius 2 is 0.479 bits per heavy atom. The maximum Gasteiger partial charge on any atom is 0.317 e. The molecule has 140 heavy (non-hydrogen) atoms. The van der Waals surface area contributed by atoms with E-state index >= 15 is 0 Å². The molecule has 15 rings (SSSR count). The molecular formula is C110H175Cl5N20O5. The molecule has 5 aliphatic heterocycles. The van der Waals surface area contributed by atoms with Gasteiger partial charge in [-0.3, -0.25) is 24.5 Å². The van der Waals surface area contributed by atoms with Crippen LogP contribution in [0.4, 0.5) is 52.4 Å². The lowest BCUT2D eigenvalue weighted by Crippen LogP contribution is -2.47. The molecule has 780 valence electrons. The number of amides is 10. The van der Waals surface area contributed by atoms with Gasteiger partial charge in [0, 0.05) is 283 Å². The molecule has 5 aliphatic carbocycles. The van der Waals surface area contributed by atoms with Gasteiger partial charge in [-0.1, -0.05) is 118 Å². The first kappa shape index (κ1) is 49.5. The lowest BCUT2D eigenvalue weighted by molar-refractivity contribution is 0.194. The molecule has 0 atom stereocenters. The van der Waals surface area contributed by atoms with E-state index in [9.17, 15) is 24.0 Å². The summed E-state index contributed by atoms with van der Waals surface area (Å²) in [4.78, 5) is 65.7. The minimum atomic E-state index is -3.80. The molecule has 0 unspecified atom stereocenters. The van der Waals surface area contributed by atoms with E-state index in [1.807, 2.05) is 0 Å². The highest BCUT2D eigenvalue weighted by Crippen LogP contribution is 2.39. The van der Waals surface area contributed by atoms with Crippen LogP contribution in [0.1, 0.15) is 288 Å². The predicted octanol–water partition coefficient (Wildman–Crippen LogP) is 20.0. The van der Waals surface area contributed by atoms with E-state index in [4.69, 9.17) is 158 Å². The number of hydrogen-bond acceptors (Lipinski definition) is 15. The largest absolute Gasteiger partial charge is 0.368 e. The smallest absolute Gasteiger partial charge is 0.317 e. The molecule has 10 amide bonds. The number of hydrogen-bond donors (Lipinski definition) is 5. The topological polar surface area (TPSA) is 194 Å². The zero-order valence-electron chi connectivity index (χ0n) is 153. The van der Waals surface area contributed by atoms with Crippen molar-refractivity contribution in [1.82, 2.24) is 75.6 Å². The highest BCUT2D eigenvalue weighted by molar-refractivity contribution is 6.35. The summed E-state index contributed by atoms with van der Waals surface area (Å²) in [6, 6.07) is -14.9. The van der Waals surface area contributed by atoms with E-state index in [-0.39, 0.29) is 196 Å². The molecule has 0 bridgehead atoms. The molecule has 0 spiro atoms. The van der Waals surface area contributed by atoms with Crippen LogP contribution in [-0.2, 0) is 0 Å². The van der Waals surface area contributed by atoms with E-state index in [1.54, 1.807) is 42.3 Å². The van der Waals surface area contributed by atoms with E-state index in [1.165, 1.54) is 49.3 Å². The van der Waals surface area contributed by atoms with Gasteiger partial charge >= 0.3 is 30.2 Å². The first-order valence-electron chi connectivity index (χ1n) is 82.2. The van der Waals surface area contributed by atoms with Gasteiger partial charge in [-0.2, -0.15) is 0 Å². The van der Waals surface area contributed by atoms with Crippen molar-refractivity contribution in [2.45, 2.75) is 225 Å². The normalized spacial score (nSPS) is 39.1. The molecule has 10 aliphatic rings. The summed E-state index contributed by atoms with van der Waals surface area (Å²) in [5.41, 5.74) is -4.73. The fourth-order valence-electron chi connectivity index (χ4n) is 15.2. The monoisotopic (exact) mass is 2100 g/mol. The minimum absolute atomic E-state index is 0.00585. The second-order valence-corrected chi connectivity index (χ2v) is 36.8. The number of benzene rings is 5. The molecule has 5 saturated carbocycles. The van der Waals surface area contributed by atoms with Crippen molar-refractivity contribution in [1.29, 1.82) is 0 Å². The predicted molar refractivity (Wildman–Crippen MR) is 587 cm³/mol. The van der Waals surface area contributed by atoms with Gasteiger partial charge < -0.3 is 75.6 Å². The second-order valence-electron chi connectivity index (χ2n) is 34.9. The summed E-state index contributed by atoms with van der Waals surface area (Å²) in [5, 5.41) is 11.0. The molecule has 25 nitrogen and oxygen atoms in total. The van der Waals surface area contributed by atoms with Crippen LogP contribution >= 0.6 is 58.0 Å². The van der Waals surface area contributed by atoms with Crippen molar-refractivity contribution in [2.24, 2.45) is 29.6 Å². The summed E-state index contributed by atoms with van der Waals surface area (Å²) < 4.78 is 619. The molecule has 5 N–H and O–H groups in total. The van der Waals surface area contributed by atoms with Crippen molar-refractivity contribution in [3.05, 3.63) is 144 Å².